The van der Waals surface area contributed by atoms with Gasteiger partial charge in [0, 0.05) is 22.5 Å². The molecular formula is C26H20N2O3. The summed E-state index contributed by atoms with van der Waals surface area (Å²) < 4.78 is 5.91. The van der Waals surface area contributed by atoms with Crippen molar-refractivity contribution < 1.29 is 14.6 Å². The lowest BCUT2D eigenvalue weighted by Crippen LogP contribution is -1.98. The van der Waals surface area contributed by atoms with Gasteiger partial charge in [-0.3, -0.25) is 0 Å². The van der Waals surface area contributed by atoms with E-state index < -0.39 is 5.97 Å². The maximum atomic E-state index is 11.3. The zero-order valence-corrected chi connectivity index (χ0v) is 16.7. The first kappa shape index (κ1) is 18.9. The van der Waals surface area contributed by atoms with Crippen LogP contribution in [0.4, 0.5) is 0 Å². The van der Waals surface area contributed by atoms with E-state index in [9.17, 15) is 9.90 Å². The van der Waals surface area contributed by atoms with E-state index in [4.69, 9.17) is 4.74 Å². The van der Waals surface area contributed by atoms with Crippen LogP contribution in [0.15, 0.2) is 85.1 Å². The van der Waals surface area contributed by atoms with E-state index in [-0.39, 0.29) is 0 Å². The van der Waals surface area contributed by atoms with Gasteiger partial charge in [0.1, 0.15) is 12.4 Å². The van der Waals surface area contributed by atoms with Crippen molar-refractivity contribution in [1.82, 2.24) is 9.97 Å². The highest BCUT2D eigenvalue weighted by Crippen LogP contribution is 2.24. The number of H-pyrrole nitrogens is 1. The van der Waals surface area contributed by atoms with Gasteiger partial charge in [0.15, 0.2) is 0 Å². The molecule has 0 saturated heterocycles. The second-order valence-electron chi connectivity index (χ2n) is 7.48. The van der Waals surface area contributed by atoms with Gasteiger partial charge in [-0.25, -0.2) is 9.78 Å². The summed E-state index contributed by atoms with van der Waals surface area (Å²) in [6.07, 6.45) is 2.64. The number of fused-ring (bicyclic) bond motifs is 2. The number of carbonyl (C=O) groups is 1. The third-order valence-corrected chi connectivity index (χ3v) is 5.38. The summed E-state index contributed by atoms with van der Waals surface area (Å²) >= 11 is 0. The molecule has 0 fully saturated rings. The number of aromatic amines is 1. The minimum atomic E-state index is -0.920. The topological polar surface area (TPSA) is 75.2 Å². The molecule has 0 saturated carbocycles. The highest BCUT2D eigenvalue weighted by Gasteiger charge is 2.09. The van der Waals surface area contributed by atoms with Gasteiger partial charge in [0.05, 0.1) is 16.8 Å². The summed E-state index contributed by atoms with van der Waals surface area (Å²) in [5, 5.41) is 11.3. The zero-order chi connectivity index (χ0) is 21.2. The Morgan fingerprint density at radius 3 is 2.65 bits per heavy atom. The Kier molecular flexibility index (Phi) is 4.84. The van der Waals surface area contributed by atoms with Crippen LogP contribution in [0.3, 0.4) is 0 Å². The standard InChI is InChI=1S/C26H20N2O3/c29-26(30)19-8-12-25-23(14-19)20(15-27-25)13-17-5-10-22(11-6-17)31-16-21-9-7-18-3-1-2-4-24(18)28-21/h1-12,14-15,27H,13,16H2,(H,29,30). The molecule has 0 amide bonds. The lowest BCUT2D eigenvalue weighted by Gasteiger charge is -2.08. The molecule has 5 rings (SSSR count). The van der Waals surface area contributed by atoms with Gasteiger partial charge in [-0.05, 0) is 60.0 Å². The quantitative estimate of drug-likeness (QED) is 0.384. The number of aromatic carboxylic acids is 1. The SMILES string of the molecule is O=C(O)c1ccc2[nH]cc(Cc3ccc(OCc4ccc5ccccc5n4)cc3)c2c1. The minimum Gasteiger partial charge on any atom is -0.487 e. The second-order valence-corrected chi connectivity index (χ2v) is 7.48. The summed E-state index contributed by atoms with van der Waals surface area (Å²) in [7, 11) is 0. The summed E-state index contributed by atoms with van der Waals surface area (Å²) in [6, 6.07) is 25.2. The van der Waals surface area contributed by atoms with Crippen LogP contribution in [-0.2, 0) is 13.0 Å². The molecule has 0 bridgehead atoms. The van der Waals surface area contributed by atoms with Gasteiger partial charge in [-0.2, -0.15) is 0 Å². The number of para-hydroxylation sites is 1. The molecule has 0 radical (unpaired) electrons. The number of rotatable bonds is 6. The number of nitrogens with zero attached hydrogens (tertiary/aromatic N) is 1. The maximum absolute atomic E-state index is 11.3. The van der Waals surface area contributed by atoms with E-state index in [1.807, 2.05) is 60.8 Å². The van der Waals surface area contributed by atoms with Crippen LogP contribution in [0.25, 0.3) is 21.8 Å². The lowest BCUT2D eigenvalue weighted by molar-refractivity contribution is 0.0697. The number of hydrogen-bond donors (Lipinski definition) is 2. The third-order valence-electron chi connectivity index (χ3n) is 5.38. The van der Waals surface area contributed by atoms with E-state index in [0.29, 0.717) is 18.6 Å². The zero-order valence-electron chi connectivity index (χ0n) is 16.7. The molecule has 0 aliphatic heterocycles. The molecular weight excluding hydrogens is 388 g/mol. The fraction of sp³-hybridized carbons (Fsp3) is 0.0769. The molecule has 2 N–H and O–H groups in total. The fourth-order valence-electron chi connectivity index (χ4n) is 3.73. The predicted octanol–water partition coefficient (Wildman–Crippen LogP) is 5.58. The van der Waals surface area contributed by atoms with Crippen LogP contribution < -0.4 is 4.74 Å². The molecule has 5 nitrogen and oxygen atoms in total. The minimum absolute atomic E-state index is 0.291. The van der Waals surface area contributed by atoms with Crippen molar-refractivity contribution in [2.75, 3.05) is 0 Å². The largest absolute Gasteiger partial charge is 0.487 e. The molecule has 0 aliphatic rings. The molecule has 2 aromatic heterocycles. The number of carboxylic acid groups (broad SMARTS) is 1. The van der Waals surface area contributed by atoms with Crippen LogP contribution in [0.5, 0.6) is 5.75 Å². The average Bonchev–Trinajstić information content (AvgIpc) is 3.20. The Morgan fingerprint density at radius 1 is 0.968 bits per heavy atom. The first-order chi connectivity index (χ1) is 15.2. The smallest absolute Gasteiger partial charge is 0.335 e. The molecule has 31 heavy (non-hydrogen) atoms. The van der Waals surface area contributed by atoms with Gasteiger partial charge >= 0.3 is 5.97 Å². The third kappa shape index (κ3) is 3.98. The Balaban J connectivity index is 1.28. The highest BCUT2D eigenvalue weighted by molar-refractivity contribution is 5.94. The van der Waals surface area contributed by atoms with Gasteiger partial charge in [-0.1, -0.05) is 36.4 Å². The number of ether oxygens (including phenoxy) is 1. The number of nitrogens with one attached hydrogen (secondary N) is 1. The van der Waals surface area contributed by atoms with Crippen LogP contribution >= 0.6 is 0 Å². The molecule has 0 aliphatic carbocycles. The number of aromatic nitrogens is 2. The van der Waals surface area contributed by atoms with Crippen molar-refractivity contribution in [2.24, 2.45) is 0 Å². The van der Waals surface area contributed by atoms with Gasteiger partial charge in [0.25, 0.3) is 0 Å². The maximum Gasteiger partial charge on any atom is 0.335 e. The molecule has 0 atom stereocenters. The summed E-state index contributed by atoms with van der Waals surface area (Å²) in [5.74, 6) is -0.137. The van der Waals surface area contributed by atoms with Crippen LogP contribution in [0.1, 0.15) is 27.2 Å². The lowest BCUT2D eigenvalue weighted by atomic mass is 10.0. The van der Waals surface area contributed by atoms with Gasteiger partial charge in [0.2, 0.25) is 0 Å². The van der Waals surface area contributed by atoms with Gasteiger partial charge < -0.3 is 14.8 Å². The monoisotopic (exact) mass is 408 g/mol. The first-order valence-corrected chi connectivity index (χ1v) is 10.1. The Labute approximate surface area is 179 Å². The number of hydrogen-bond acceptors (Lipinski definition) is 3. The Morgan fingerprint density at radius 2 is 1.81 bits per heavy atom. The normalized spacial score (nSPS) is 11.1. The van der Waals surface area contributed by atoms with E-state index in [1.165, 1.54) is 0 Å². The van der Waals surface area contributed by atoms with E-state index >= 15 is 0 Å². The van der Waals surface area contributed by atoms with Crippen LogP contribution in [0, 0.1) is 0 Å². The van der Waals surface area contributed by atoms with Crippen LogP contribution in [0.2, 0.25) is 0 Å². The fourth-order valence-corrected chi connectivity index (χ4v) is 3.73. The molecule has 2 heterocycles. The average molecular weight is 408 g/mol. The van der Waals surface area contributed by atoms with Crippen molar-refractivity contribution in [3.8, 4) is 5.75 Å². The molecule has 3 aromatic carbocycles. The molecule has 0 unspecified atom stereocenters. The number of benzene rings is 3. The van der Waals surface area contributed by atoms with E-state index in [1.54, 1.807) is 18.2 Å². The highest BCUT2D eigenvalue weighted by atomic mass is 16.5. The first-order valence-electron chi connectivity index (χ1n) is 10.1. The Hall–Kier alpha value is -4.12. The van der Waals surface area contributed by atoms with Crippen molar-refractivity contribution in [1.29, 1.82) is 0 Å². The number of carboxylic acids is 1. The molecule has 5 aromatic rings. The van der Waals surface area contributed by atoms with E-state index in [0.717, 1.165) is 44.4 Å². The molecule has 152 valence electrons. The van der Waals surface area contributed by atoms with Crippen LogP contribution in [-0.4, -0.2) is 21.0 Å². The summed E-state index contributed by atoms with van der Waals surface area (Å²) in [5.41, 5.74) is 5.26. The molecule has 5 heteroatoms. The summed E-state index contributed by atoms with van der Waals surface area (Å²) in [4.78, 5) is 19.1. The second kappa shape index (κ2) is 7.95. The van der Waals surface area contributed by atoms with E-state index in [2.05, 4.69) is 16.0 Å². The van der Waals surface area contributed by atoms with Crippen molar-refractivity contribution in [3.05, 3.63) is 107 Å². The Bertz CT molecular complexity index is 1390. The van der Waals surface area contributed by atoms with Gasteiger partial charge in [-0.15, -0.1) is 0 Å². The summed E-state index contributed by atoms with van der Waals surface area (Å²) in [6.45, 7) is 0.407. The van der Waals surface area contributed by atoms with Crippen molar-refractivity contribution in [2.45, 2.75) is 13.0 Å². The number of pyridine rings is 1. The molecule has 0 spiro atoms. The van der Waals surface area contributed by atoms with Crippen molar-refractivity contribution >= 4 is 27.8 Å². The van der Waals surface area contributed by atoms with Crippen molar-refractivity contribution in [3.63, 3.8) is 0 Å². The predicted molar refractivity (Wildman–Crippen MR) is 121 cm³/mol.